The summed E-state index contributed by atoms with van der Waals surface area (Å²) in [6.45, 7) is 4.62. The van der Waals surface area contributed by atoms with Crippen LogP contribution in [0.2, 0.25) is 4.34 Å². The molecule has 170 valence electrons. The Bertz CT molecular complexity index is 1340. The quantitative estimate of drug-likeness (QED) is 0.334. The van der Waals surface area contributed by atoms with E-state index < -0.39 is 22.0 Å². The maximum atomic E-state index is 13.3. The highest BCUT2D eigenvalue weighted by Gasteiger charge is 2.38. The Hall–Kier alpha value is -1.43. The Morgan fingerprint density at radius 3 is 2.81 bits per heavy atom. The largest absolute Gasteiger partial charge is 0.313 e. The molecule has 0 saturated carbocycles. The van der Waals surface area contributed by atoms with Crippen LogP contribution in [-0.4, -0.2) is 42.0 Å². The number of aromatic nitrogens is 1. The number of fused-ring (bicyclic) bond motifs is 1. The maximum Gasteiger partial charge on any atom is 0.266 e. The van der Waals surface area contributed by atoms with Gasteiger partial charge in [0.25, 0.3) is 15.9 Å². The van der Waals surface area contributed by atoms with Crippen LogP contribution in [0.25, 0.3) is 10.2 Å². The third kappa shape index (κ3) is 4.62. The monoisotopic (exact) mass is 527 g/mol. The molecule has 1 aliphatic heterocycles. The van der Waals surface area contributed by atoms with Gasteiger partial charge < -0.3 is 4.57 Å². The second-order valence-corrected chi connectivity index (χ2v) is 13.0. The summed E-state index contributed by atoms with van der Waals surface area (Å²) in [4.78, 5) is 19.4. The van der Waals surface area contributed by atoms with Gasteiger partial charge in [0.2, 0.25) is 0 Å². The molecule has 1 saturated heterocycles. The van der Waals surface area contributed by atoms with Gasteiger partial charge in [0, 0.05) is 18.0 Å². The predicted molar refractivity (Wildman–Crippen MR) is 133 cm³/mol. The predicted octanol–water partition coefficient (Wildman–Crippen LogP) is 5.00. The van der Waals surface area contributed by atoms with Gasteiger partial charge in [0.15, 0.2) is 4.80 Å². The van der Waals surface area contributed by atoms with Gasteiger partial charge in [-0.15, -0.1) is 29.7 Å². The first kappa shape index (κ1) is 23.7. The lowest BCUT2D eigenvalue weighted by atomic mass is 10.0. The number of thiophene rings is 1. The highest BCUT2D eigenvalue weighted by atomic mass is 35.5. The molecular weight excluding hydrogens is 506 g/mol. The molecular formula is C21H22ClN3O3S4. The van der Waals surface area contributed by atoms with Crippen LogP contribution in [-0.2, 0) is 21.4 Å². The highest BCUT2D eigenvalue weighted by Crippen LogP contribution is 2.32. The van der Waals surface area contributed by atoms with Crippen LogP contribution in [0.5, 0.6) is 0 Å². The van der Waals surface area contributed by atoms with Gasteiger partial charge in [0.1, 0.15) is 10.3 Å². The number of thioether (sulfide) groups is 1. The van der Waals surface area contributed by atoms with E-state index >= 15 is 0 Å². The number of carbonyl (C=O) groups is 1. The smallest absolute Gasteiger partial charge is 0.266 e. The first-order valence-electron chi connectivity index (χ1n) is 9.99. The molecule has 0 bridgehead atoms. The minimum atomic E-state index is -3.82. The van der Waals surface area contributed by atoms with Crippen LogP contribution >= 0.6 is 46.0 Å². The molecule has 1 amide bonds. The minimum absolute atomic E-state index is 0.148. The number of sulfonamides is 1. The number of allylic oxidation sites excluding steroid dienone is 1. The van der Waals surface area contributed by atoms with E-state index in [0.29, 0.717) is 35.1 Å². The molecule has 3 heterocycles. The zero-order valence-electron chi connectivity index (χ0n) is 17.4. The summed E-state index contributed by atoms with van der Waals surface area (Å²) in [5.74, 6) is -0.439. The average Bonchev–Trinajstić information content (AvgIpc) is 3.37. The molecule has 11 heteroatoms. The number of halogens is 1. The molecule has 6 nitrogen and oxygen atoms in total. The van der Waals surface area contributed by atoms with Crippen molar-refractivity contribution in [3.8, 4) is 0 Å². The van der Waals surface area contributed by atoms with Crippen molar-refractivity contribution in [1.82, 2.24) is 8.87 Å². The van der Waals surface area contributed by atoms with Crippen molar-refractivity contribution in [3.63, 3.8) is 0 Å². The molecule has 1 aliphatic rings. The van der Waals surface area contributed by atoms with Gasteiger partial charge in [-0.3, -0.25) is 4.79 Å². The van der Waals surface area contributed by atoms with Gasteiger partial charge in [-0.2, -0.15) is 9.30 Å². The Balaban J connectivity index is 1.75. The van der Waals surface area contributed by atoms with E-state index in [4.69, 9.17) is 11.6 Å². The Labute approximate surface area is 204 Å². The molecule has 4 rings (SSSR count). The Morgan fingerprint density at radius 2 is 2.12 bits per heavy atom. The molecule has 3 aromatic rings. The van der Waals surface area contributed by atoms with E-state index in [0.717, 1.165) is 32.9 Å². The van der Waals surface area contributed by atoms with Gasteiger partial charge in [0.05, 0.1) is 14.6 Å². The number of carbonyl (C=O) groups excluding carboxylic acids is 1. The topological polar surface area (TPSA) is 71.7 Å². The maximum absolute atomic E-state index is 13.3. The standard InChI is InChI=1S/C21H22ClN3O3S4/c1-3-11-24-15-8-7-14(29-2)13-17(15)30-21(24)23-20(26)16-6-4-5-12-25(16)32(27,28)19-10-9-18(22)31-19/h3,7-10,13,16H,1,4-6,11-12H2,2H3. The fraction of sp³-hybridized carbons (Fsp3) is 0.333. The molecule has 0 aliphatic carbocycles. The summed E-state index contributed by atoms with van der Waals surface area (Å²) in [6, 6.07) is 8.35. The van der Waals surface area contributed by atoms with E-state index in [1.807, 2.05) is 23.0 Å². The van der Waals surface area contributed by atoms with Crippen molar-refractivity contribution in [2.75, 3.05) is 12.8 Å². The summed E-state index contributed by atoms with van der Waals surface area (Å²) < 4.78 is 31.2. The van der Waals surface area contributed by atoms with E-state index in [1.165, 1.54) is 21.7 Å². The number of hydrogen-bond acceptors (Lipinski definition) is 6. The van der Waals surface area contributed by atoms with Crippen molar-refractivity contribution in [1.29, 1.82) is 0 Å². The van der Waals surface area contributed by atoms with E-state index in [2.05, 4.69) is 17.6 Å². The highest BCUT2D eigenvalue weighted by molar-refractivity contribution is 7.98. The molecule has 32 heavy (non-hydrogen) atoms. The summed E-state index contributed by atoms with van der Waals surface area (Å²) in [6.07, 6.45) is 5.71. The van der Waals surface area contributed by atoms with Crippen LogP contribution in [0, 0.1) is 0 Å². The number of piperidine rings is 1. The molecule has 0 N–H and O–H groups in total. The van der Waals surface area contributed by atoms with Crippen LogP contribution < -0.4 is 4.80 Å². The fourth-order valence-corrected chi connectivity index (χ4v) is 8.59. The lowest BCUT2D eigenvalue weighted by Gasteiger charge is -2.31. The van der Waals surface area contributed by atoms with Gasteiger partial charge in [-0.05, 0) is 49.4 Å². The summed E-state index contributed by atoms with van der Waals surface area (Å²) in [5.41, 5.74) is 0.973. The van der Waals surface area contributed by atoms with Gasteiger partial charge in [-0.1, -0.05) is 35.4 Å². The van der Waals surface area contributed by atoms with Crippen molar-refractivity contribution in [3.05, 3.63) is 52.1 Å². The molecule has 0 spiro atoms. The SMILES string of the molecule is C=CCn1c(=NC(=O)C2CCCCN2S(=O)(=O)c2ccc(Cl)s2)sc2cc(SC)ccc21. The van der Waals surface area contributed by atoms with E-state index in [1.54, 1.807) is 23.9 Å². The molecule has 1 atom stereocenters. The van der Waals surface area contributed by atoms with E-state index in [9.17, 15) is 13.2 Å². The number of rotatable bonds is 6. The average molecular weight is 528 g/mol. The van der Waals surface area contributed by atoms with Crippen molar-refractivity contribution in [2.24, 2.45) is 4.99 Å². The summed E-state index contributed by atoms with van der Waals surface area (Å²) >= 11 is 10.0. The molecule has 1 aromatic carbocycles. The number of amides is 1. The van der Waals surface area contributed by atoms with Crippen molar-refractivity contribution < 1.29 is 13.2 Å². The second-order valence-electron chi connectivity index (χ2n) is 7.25. The number of thiazole rings is 1. The molecule has 2 aromatic heterocycles. The third-order valence-corrected chi connectivity index (χ3v) is 10.6. The normalized spacial score (nSPS) is 18.3. The van der Waals surface area contributed by atoms with E-state index in [-0.39, 0.29) is 4.21 Å². The van der Waals surface area contributed by atoms with Crippen molar-refractivity contribution >= 4 is 72.2 Å². The number of hydrogen-bond donors (Lipinski definition) is 0. The zero-order valence-corrected chi connectivity index (χ0v) is 21.4. The first-order valence-corrected chi connectivity index (χ1v) is 14.7. The summed E-state index contributed by atoms with van der Waals surface area (Å²) in [5, 5.41) is 0. The number of nitrogens with zero attached hydrogens (tertiary/aromatic N) is 3. The van der Waals surface area contributed by atoms with Gasteiger partial charge in [-0.25, -0.2) is 8.42 Å². The number of benzene rings is 1. The van der Waals surface area contributed by atoms with Gasteiger partial charge >= 0.3 is 0 Å². The summed E-state index contributed by atoms with van der Waals surface area (Å²) in [7, 11) is -3.82. The van der Waals surface area contributed by atoms with Crippen LogP contribution in [0.4, 0.5) is 0 Å². The Morgan fingerprint density at radius 1 is 1.31 bits per heavy atom. The molecule has 1 unspecified atom stereocenters. The third-order valence-electron chi connectivity index (χ3n) is 5.26. The fourth-order valence-electron chi connectivity index (χ4n) is 3.73. The lowest BCUT2D eigenvalue weighted by molar-refractivity contribution is -0.122. The second kappa shape index (κ2) is 9.82. The molecule has 0 radical (unpaired) electrons. The lowest BCUT2D eigenvalue weighted by Crippen LogP contribution is -2.47. The van der Waals surface area contributed by atoms with Crippen LogP contribution in [0.3, 0.4) is 0 Å². The van der Waals surface area contributed by atoms with Crippen molar-refractivity contribution in [2.45, 2.75) is 41.0 Å². The zero-order chi connectivity index (χ0) is 22.9. The minimum Gasteiger partial charge on any atom is -0.313 e. The van der Waals surface area contributed by atoms with Crippen LogP contribution in [0.15, 0.2) is 57.1 Å². The molecule has 1 fully saturated rings. The first-order chi connectivity index (χ1) is 15.3. The Kier molecular flexibility index (Phi) is 7.28. The van der Waals surface area contributed by atoms with Crippen LogP contribution in [0.1, 0.15) is 19.3 Å².